The van der Waals surface area contributed by atoms with E-state index in [1.54, 1.807) is 18.2 Å². The van der Waals surface area contributed by atoms with Crippen molar-refractivity contribution >= 4 is 26.0 Å². The summed E-state index contributed by atoms with van der Waals surface area (Å²) >= 11 is 3.37. The summed E-state index contributed by atoms with van der Waals surface area (Å²) in [6, 6.07) is 5.05. The second kappa shape index (κ2) is 5.94. The molecule has 1 unspecified atom stereocenters. The van der Waals surface area contributed by atoms with Crippen LogP contribution in [0.2, 0.25) is 0 Å². The lowest BCUT2D eigenvalue weighted by Gasteiger charge is -2.27. The van der Waals surface area contributed by atoms with Crippen LogP contribution in [0.15, 0.2) is 27.6 Å². The van der Waals surface area contributed by atoms with Crippen LogP contribution in [0.25, 0.3) is 0 Å². The molecule has 19 heavy (non-hydrogen) atoms. The molecule has 1 aromatic rings. The molecular weight excluding hydrogens is 326 g/mol. The van der Waals surface area contributed by atoms with Crippen molar-refractivity contribution in [3.8, 4) is 0 Å². The van der Waals surface area contributed by atoms with E-state index in [1.165, 1.54) is 0 Å². The summed E-state index contributed by atoms with van der Waals surface area (Å²) in [5, 5.41) is 0. The zero-order valence-electron chi connectivity index (χ0n) is 12.1. The van der Waals surface area contributed by atoms with Crippen molar-refractivity contribution < 1.29 is 8.42 Å². The van der Waals surface area contributed by atoms with Gasteiger partial charge in [0.15, 0.2) is 0 Å². The normalized spacial score (nSPS) is 14.4. The highest BCUT2D eigenvalue weighted by Gasteiger charge is 2.22. The summed E-state index contributed by atoms with van der Waals surface area (Å²) in [7, 11) is -3.43. The molecule has 0 radical (unpaired) electrons. The summed E-state index contributed by atoms with van der Waals surface area (Å²) in [5.41, 5.74) is 0.991. The summed E-state index contributed by atoms with van der Waals surface area (Å²) in [4.78, 5) is 0.314. The van der Waals surface area contributed by atoms with E-state index in [1.807, 2.05) is 6.92 Å². The highest BCUT2D eigenvalue weighted by Crippen LogP contribution is 2.25. The Bertz CT molecular complexity index is 547. The van der Waals surface area contributed by atoms with Crippen molar-refractivity contribution in [2.75, 3.05) is 6.54 Å². The van der Waals surface area contributed by atoms with Gasteiger partial charge in [0.25, 0.3) is 0 Å². The standard InChI is InChI=1S/C14H22BrNO2S/c1-10-8-12(6-7-13(10)15)19(17,18)16-9-11(2)14(3,4)5/h6-8,11,16H,9H2,1-5H3. The van der Waals surface area contributed by atoms with E-state index in [0.29, 0.717) is 11.4 Å². The minimum Gasteiger partial charge on any atom is -0.211 e. The fraction of sp³-hybridized carbons (Fsp3) is 0.571. The van der Waals surface area contributed by atoms with Crippen molar-refractivity contribution in [2.45, 2.75) is 39.5 Å². The molecule has 1 N–H and O–H groups in total. The van der Waals surface area contributed by atoms with Gasteiger partial charge in [-0.15, -0.1) is 0 Å². The Kier molecular flexibility index (Phi) is 5.21. The molecular formula is C14H22BrNO2S. The maximum Gasteiger partial charge on any atom is 0.240 e. The molecule has 1 aromatic carbocycles. The monoisotopic (exact) mass is 347 g/mol. The third-order valence-corrected chi connectivity index (χ3v) is 5.81. The largest absolute Gasteiger partial charge is 0.240 e. The van der Waals surface area contributed by atoms with E-state index < -0.39 is 10.0 Å². The Labute approximate surface area is 125 Å². The summed E-state index contributed by atoms with van der Waals surface area (Å²) in [5.74, 6) is 0.263. The molecule has 0 saturated carbocycles. The predicted octanol–water partition coefficient (Wildman–Crippen LogP) is 3.72. The molecule has 0 aliphatic heterocycles. The molecule has 0 heterocycles. The van der Waals surface area contributed by atoms with E-state index in [-0.39, 0.29) is 11.3 Å². The number of nitrogens with one attached hydrogen (secondary N) is 1. The summed E-state index contributed by atoms with van der Waals surface area (Å²) in [6.07, 6.45) is 0. The quantitative estimate of drug-likeness (QED) is 0.901. The van der Waals surface area contributed by atoms with Gasteiger partial charge in [-0.1, -0.05) is 43.6 Å². The highest BCUT2D eigenvalue weighted by atomic mass is 79.9. The average molecular weight is 348 g/mol. The van der Waals surface area contributed by atoms with Crippen LogP contribution in [0.1, 0.15) is 33.3 Å². The van der Waals surface area contributed by atoms with Crippen LogP contribution in [-0.4, -0.2) is 15.0 Å². The molecule has 0 fully saturated rings. The highest BCUT2D eigenvalue weighted by molar-refractivity contribution is 9.10. The first-order chi connectivity index (χ1) is 8.54. The van der Waals surface area contributed by atoms with Gasteiger partial charge in [-0.3, -0.25) is 0 Å². The number of hydrogen-bond acceptors (Lipinski definition) is 2. The van der Waals surface area contributed by atoms with Crippen LogP contribution >= 0.6 is 15.9 Å². The van der Waals surface area contributed by atoms with Gasteiger partial charge < -0.3 is 0 Å². The first-order valence-electron chi connectivity index (χ1n) is 6.30. The lowest BCUT2D eigenvalue weighted by molar-refractivity contribution is 0.263. The number of halogens is 1. The Hall–Kier alpha value is -0.390. The predicted molar refractivity (Wildman–Crippen MR) is 82.7 cm³/mol. The first kappa shape index (κ1) is 16.7. The van der Waals surface area contributed by atoms with Crippen LogP contribution in [0.5, 0.6) is 0 Å². The van der Waals surface area contributed by atoms with Crippen molar-refractivity contribution in [3.05, 3.63) is 28.2 Å². The third-order valence-electron chi connectivity index (χ3n) is 3.50. The molecule has 0 amide bonds. The maximum atomic E-state index is 12.2. The van der Waals surface area contributed by atoms with Crippen LogP contribution in [0.4, 0.5) is 0 Å². The zero-order valence-corrected chi connectivity index (χ0v) is 14.5. The molecule has 0 aliphatic rings. The van der Waals surface area contributed by atoms with Crippen molar-refractivity contribution in [1.82, 2.24) is 4.72 Å². The second-order valence-electron chi connectivity index (χ2n) is 6.03. The lowest BCUT2D eigenvalue weighted by Crippen LogP contribution is -2.33. The van der Waals surface area contributed by atoms with Gasteiger partial charge in [0, 0.05) is 11.0 Å². The molecule has 3 nitrogen and oxygen atoms in total. The van der Waals surface area contributed by atoms with E-state index >= 15 is 0 Å². The van der Waals surface area contributed by atoms with Gasteiger partial charge in [0.05, 0.1) is 4.90 Å². The third kappa shape index (κ3) is 4.58. The van der Waals surface area contributed by atoms with Crippen LogP contribution in [-0.2, 0) is 10.0 Å². The molecule has 0 bridgehead atoms. The second-order valence-corrected chi connectivity index (χ2v) is 8.65. The Morgan fingerprint density at radius 3 is 2.37 bits per heavy atom. The average Bonchev–Trinajstić information content (AvgIpc) is 2.28. The molecule has 5 heteroatoms. The lowest BCUT2D eigenvalue weighted by atomic mass is 9.82. The van der Waals surface area contributed by atoms with E-state index in [0.717, 1.165) is 10.0 Å². The molecule has 0 saturated heterocycles. The van der Waals surface area contributed by atoms with Gasteiger partial charge in [0.1, 0.15) is 0 Å². The molecule has 0 aliphatic carbocycles. The summed E-state index contributed by atoms with van der Waals surface area (Å²) < 4.78 is 28.0. The number of rotatable bonds is 4. The smallest absolute Gasteiger partial charge is 0.211 e. The van der Waals surface area contributed by atoms with Crippen molar-refractivity contribution in [1.29, 1.82) is 0 Å². The maximum absolute atomic E-state index is 12.2. The van der Waals surface area contributed by atoms with Gasteiger partial charge in [-0.05, 0) is 42.0 Å². The van der Waals surface area contributed by atoms with Crippen LogP contribution in [0.3, 0.4) is 0 Å². The van der Waals surface area contributed by atoms with Crippen molar-refractivity contribution in [3.63, 3.8) is 0 Å². The Balaban J connectivity index is 2.85. The van der Waals surface area contributed by atoms with E-state index in [4.69, 9.17) is 0 Å². The SMILES string of the molecule is Cc1cc(S(=O)(=O)NCC(C)C(C)(C)C)ccc1Br. The van der Waals surface area contributed by atoms with Gasteiger partial charge in [0.2, 0.25) is 10.0 Å². The Morgan fingerprint density at radius 1 is 1.32 bits per heavy atom. The fourth-order valence-corrected chi connectivity index (χ4v) is 2.87. The van der Waals surface area contributed by atoms with E-state index in [2.05, 4.69) is 48.3 Å². The molecule has 108 valence electrons. The number of hydrogen-bond donors (Lipinski definition) is 1. The molecule has 1 rings (SSSR count). The molecule has 1 atom stereocenters. The Morgan fingerprint density at radius 2 is 1.89 bits per heavy atom. The van der Waals surface area contributed by atoms with Gasteiger partial charge >= 0.3 is 0 Å². The van der Waals surface area contributed by atoms with E-state index in [9.17, 15) is 8.42 Å². The summed E-state index contributed by atoms with van der Waals surface area (Å²) in [6.45, 7) is 10.7. The topological polar surface area (TPSA) is 46.2 Å². The number of aryl methyl sites for hydroxylation is 1. The minimum absolute atomic E-state index is 0.0815. The minimum atomic E-state index is -3.43. The molecule has 0 aromatic heterocycles. The van der Waals surface area contributed by atoms with Gasteiger partial charge in [-0.25, -0.2) is 13.1 Å². The fourth-order valence-electron chi connectivity index (χ4n) is 1.41. The zero-order chi connectivity index (χ0) is 14.8. The van der Waals surface area contributed by atoms with Gasteiger partial charge in [-0.2, -0.15) is 0 Å². The molecule has 0 spiro atoms. The first-order valence-corrected chi connectivity index (χ1v) is 8.57. The van der Waals surface area contributed by atoms with Crippen LogP contribution in [0, 0.1) is 18.3 Å². The van der Waals surface area contributed by atoms with Crippen LogP contribution < -0.4 is 4.72 Å². The van der Waals surface area contributed by atoms with Crippen molar-refractivity contribution in [2.24, 2.45) is 11.3 Å². The number of benzene rings is 1. The number of sulfonamides is 1.